The zero-order chi connectivity index (χ0) is 9.26. The molecule has 0 aliphatic rings. The van der Waals surface area contributed by atoms with Crippen molar-refractivity contribution in [3.63, 3.8) is 0 Å². The molecule has 0 fully saturated rings. The summed E-state index contributed by atoms with van der Waals surface area (Å²) in [5, 5.41) is 6.96. The van der Waals surface area contributed by atoms with Gasteiger partial charge in [-0.25, -0.2) is 4.98 Å². The van der Waals surface area contributed by atoms with Crippen molar-refractivity contribution in [1.29, 1.82) is 0 Å². The molecule has 0 radical (unpaired) electrons. The van der Waals surface area contributed by atoms with Crippen molar-refractivity contribution >= 4 is 28.8 Å². The molecule has 2 N–H and O–H groups in total. The number of nitrogen functional groups attached to an aromatic ring is 1. The predicted molar refractivity (Wildman–Crippen MR) is 53.9 cm³/mol. The van der Waals surface area contributed by atoms with Gasteiger partial charge in [0.1, 0.15) is 5.03 Å². The number of aromatic nitrogens is 3. The Hall–Kier alpha value is -1.01. The molecule has 0 saturated carbocycles. The molecule has 6 heteroatoms. The van der Waals surface area contributed by atoms with E-state index in [4.69, 9.17) is 5.73 Å². The van der Waals surface area contributed by atoms with E-state index in [2.05, 4.69) is 10.1 Å². The van der Waals surface area contributed by atoms with E-state index in [1.165, 1.54) is 11.8 Å². The second-order valence-electron chi connectivity index (χ2n) is 2.46. The van der Waals surface area contributed by atoms with Crippen LogP contribution in [0, 0.1) is 0 Å². The van der Waals surface area contributed by atoms with Gasteiger partial charge in [0.15, 0.2) is 4.34 Å². The van der Waals surface area contributed by atoms with Crippen LogP contribution in [-0.4, -0.2) is 14.8 Å². The molecule has 2 rings (SSSR count). The van der Waals surface area contributed by atoms with Gasteiger partial charge in [0.25, 0.3) is 0 Å². The Morgan fingerprint density at radius 1 is 1.62 bits per heavy atom. The van der Waals surface area contributed by atoms with E-state index in [1.54, 1.807) is 28.4 Å². The van der Waals surface area contributed by atoms with Gasteiger partial charge >= 0.3 is 0 Å². The third kappa shape index (κ3) is 1.84. The van der Waals surface area contributed by atoms with Crippen molar-refractivity contribution in [2.75, 3.05) is 5.73 Å². The number of thiazole rings is 1. The van der Waals surface area contributed by atoms with Crippen molar-refractivity contribution in [2.24, 2.45) is 7.05 Å². The average molecular weight is 212 g/mol. The molecule has 0 amide bonds. The Balaban J connectivity index is 2.23. The molecule has 0 aromatic carbocycles. The smallest absolute Gasteiger partial charge is 0.156 e. The third-order valence-corrected chi connectivity index (χ3v) is 3.31. The van der Waals surface area contributed by atoms with E-state index in [1.807, 2.05) is 12.4 Å². The molecule has 2 aromatic rings. The van der Waals surface area contributed by atoms with E-state index in [-0.39, 0.29) is 0 Å². The summed E-state index contributed by atoms with van der Waals surface area (Å²) in [6.45, 7) is 0. The van der Waals surface area contributed by atoms with Crippen LogP contribution in [0.5, 0.6) is 0 Å². The van der Waals surface area contributed by atoms with Crippen molar-refractivity contribution in [3.05, 3.63) is 17.8 Å². The maximum absolute atomic E-state index is 5.73. The van der Waals surface area contributed by atoms with E-state index in [9.17, 15) is 0 Å². The second-order valence-corrected chi connectivity index (χ2v) is 4.59. The number of aryl methyl sites for hydroxylation is 1. The van der Waals surface area contributed by atoms with E-state index in [0.717, 1.165) is 9.37 Å². The van der Waals surface area contributed by atoms with Crippen LogP contribution in [0.2, 0.25) is 0 Å². The highest BCUT2D eigenvalue weighted by Crippen LogP contribution is 2.31. The Morgan fingerprint density at radius 3 is 3.00 bits per heavy atom. The standard InChI is InChI=1S/C7H8N4S2/c1-11-4-5(8)6(10-11)13-7-9-2-3-12-7/h2-4H,8H2,1H3. The summed E-state index contributed by atoms with van der Waals surface area (Å²) in [7, 11) is 1.85. The molecular weight excluding hydrogens is 204 g/mol. The zero-order valence-electron chi connectivity index (χ0n) is 6.97. The van der Waals surface area contributed by atoms with Gasteiger partial charge in [0, 0.05) is 24.8 Å². The number of hydrogen-bond acceptors (Lipinski definition) is 5. The predicted octanol–water partition coefficient (Wildman–Crippen LogP) is 1.61. The molecular formula is C7H8N4S2. The number of nitrogens with two attached hydrogens (primary N) is 1. The monoisotopic (exact) mass is 212 g/mol. The quantitative estimate of drug-likeness (QED) is 0.821. The Kier molecular flexibility index (Phi) is 2.24. The summed E-state index contributed by atoms with van der Waals surface area (Å²) in [5.74, 6) is 0. The van der Waals surface area contributed by atoms with Gasteiger partial charge in [-0.15, -0.1) is 11.3 Å². The lowest BCUT2D eigenvalue weighted by Crippen LogP contribution is -1.86. The first-order valence-corrected chi connectivity index (χ1v) is 5.32. The highest BCUT2D eigenvalue weighted by atomic mass is 32.2. The van der Waals surface area contributed by atoms with Gasteiger partial charge in [-0.2, -0.15) is 5.10 Å². The fraction of sp³-hybridized carbons (Fsp3) is 0.143. The minimum absolute atomic E-state index is 0.697. The Morgan fingerprint density at radius 2 is 2.46 bits per heavy atom. The number of rotatable bonds is 2. The highest BCUT2D eigenvalue weighted by Gasteiger charge is 2.07. The van der Waals surface area contributed by atoms with Crippen LogP contribution in [0.25, 0.3) is 0 Å². The SMILES string of the molecule is Cn1cc(N)c(Sc2nccs2)n1. The molecule has 4 nitrogen and oxygen atoms in total. The maximum Gasteiger partial charge on any atom is 0.156 e. The van der Waals surface area contributed by atoms with Crippen LogP contribution < -0.4 is 5.73 Å². The normalized spacial score (nSPS) is 10.5. The highest BCUT2D eigenvalue weighted by molar-refractivity contribution is 8.01. The first kappa shape index (κ1) is 8.58. The lowest BCUT2D eigenvalue weighted by molar-refractivity contribution is 0.738. The molecule has 0 atom stereocenters. The van der Waals surface area contributed by atoms with Crippen molar-refractivity contribution in [3.8, 4) is 0 Å². The summed E-state index contributed by atoms with van der Waals surface area (Å²) in [5.41, 5.74) is 6.43. The molecule has 2 aromatic heterocycles. The van der Waals surface area contributed by atoms with Crippen molar-refractivity contribution < 1.29 is 0 Å². The topological polar surface area (TPSA) is 56.7 Å². The van der Waals surface area contributed by atoms with E-state index < -0.39 is 0 Å². The first-order chi connectivity index (χ1) is 6.25. The fourth-order valence-electron chi connectivity index (χ4n) is 0.909. The van der Waals surface area contributed by atoms with Crippen molar-refractivity contribution in [2.45, 2.75) is 9.37 Å². The van der Waals surface area contributed by atoms with Crippen LogP contribution in [0.4, 0.5) is 5.69 Å². The molecule has 0 saturated heterocycles. The van der Waals surface area contributed by atoms with Crippen LogP contribution in [0.15, 0.2) is 27.1 Å². The number of hydrogen-bond donors (Lipinski definition) is 1. The van der Waals surface area contributed by atoms with Crippen LogP contribution in [0.3, 0.4) is 0 Å². The molecule has 13 heavy (non-hydrogen) atoms. The van der Waals surface area contributed by atoms with E-state index >= 15 is 0 Å². The summed E-state index contributed by atoms with van der Waals surface area (Å²) in [6, 6.07) is 0. The molecule has 0 aliphatic heterocycles. The van der Waals surface area contributed by atoms with Gasteiger partial charge < -0.3 is 5.73 Å². The molecule has 0 bridgehead atoms. The van der Waals surface area contributed by atoms with E-state index in [0.29, 0.717) is 5.69 Å². The first-order valence-electron chi connectivity index (χ1n) is 3.62. The lowest BCUT2D eigenvalue weighted by Gasteiger charge is -1.91. The zero-order valence-corrected chi connectivity index (χ0v) is 8.60. The second kappa shape index (κ2) is 3.39. The number of nitrogens with zero attached hydrogens (tertiary/aromatic N) is 3. The molecule has 0 spiro atoms. The van der Waals surface area contributed by atoms with Gasteiger partial charge in [-0.3, -0.25) is 4.68 Å². The lowest BCUT2D eigenvalue weighted by atomic mass is 10.6. The molecule has 0 unspecified atom stereocenters. The fourth-order valence-corrected chi connectivity index (χ4v) is 2.48. The number of anilines is 1. The third-order valence-electron chi connectivity index (χ3n) is 1.42. The minimum atomic E-state index is 0.697. The van der Waals surface area contributed by atoms with Crippen molar-refractivity contribution in [1.82, 2.24) is 14.8 Å². The van der Waals surface area contributed by atoms with Gasteiger partial charge in [-0.1, -0.05) is 0 Å². The van der Waals surface area contributed by atoms with Gasteiger partial charge in [0.2, 0.25) is 0 Å². The summed E-state index contributed by atoms with van der Waals surface area (Å²) >= 11 is 3.07. The van der Waals surface area contributed by atoms with Gasteiger partial charge in [-0.05, 0) is 11.8 Å². The Bertz CT molecular complexity index is 393. The van der Waals surface area contributed by atoms with Gasteiger partial charge in [0.05, 0.1) is 5.69 Å². The Labute approximate surface area is 83.8 Å². The van der Waals surface area contributed by atoms with Crippen LogP contribution in [-0.2, 0) is 7.05 Å². The largest absolute Gasteiger partial charge is 0.395 e. The van der Waals surface area contributed by atoms with Crippen LogP contribution >= 0.6 is 23.1 Å². The minimum Gasteiger partial charge on any atom is -0.395 e. The molecule has 0 aliphatic carbocycles. The molecule has 68 valence electrons. The maximum atomic E-state index is 5.73. The summed E-state index contributed by atoms with van der Waals surface area (Å²) < 4.78 is 2.66. The summed E-state index contributed by atoms with van der Waals surface area (Å²) in [4.78, 5) is 4.14. The van der Waals surface area contributed by atoms with Crippen LogP contribution in [0.1, 0.15) is 0 Å². The molecule has 2 heterocycles. The average Bonchev–Trinajstić information content (AvgIpc) is 2.63. The summed E-state index contributed by atoms with van der Waals surface area (Å²) in [6.07, 6.45) is 3.56.